The van der Waals surface area contributed by atoms with Crippen LogP contribution in [-0.2, 0) is 5.60 Å². The van der Waals surface area contributed by atoms with Gasteiger partial charge in [0.25, 0.3) is 0 Å². The van der Waals surface area contributed by atoms with Gasteiger partial charge < -0.3 is 14.4 Å². The minimum absolute atomic E-state index is 0.251. The zero-order valence-corrected chi connectivity index (χ0v) is 23.8. The van der Waals surface area contributed by atoms with Gasteiger partial charge in [-0.25, -0.2) is 4.39 Å². The van der Waals surface area contributed by atoms with Crippen molar-refractivity contribution in [1.82, 2.24) is 0 Å². The van der Waals surface area contributed by atoms with E-state index in [0.717, 1.165) is 55.7 Å². The second kappa shape index (κ2) is 9.60. The predicted molar refractivity (Wildman–Crippen MR) is 173 cm³/mol. The highest BCUT2D eigenvalue weighted by atomic mass is 19.1. The van der Waals surface area contributed by atoms with Crippen LogP contribution in [0.3, 0.4) is 0 Å². The molecule has 43 heavy (non-hydrogen) atoms. The molecule has 8 rings (SSSR count). The number of hydrogen-bond acceptors (Lipinski definition) is 3. The molecule has 1 aliphatic carbocycles. The number of fused-ring (bicyclic) bond motifs is 5. The Morgan fingerprint density at radius 3 is 2.02 bits per heavy atom. The summed E-state index contributed by atoms with van der Waals surface area (Å²) in [4.78, 5) is 2.15. The summed E-state index contributed by atoms with van der Waals surface area (Å²) in [6, 6.07) is 40.8. The molecule has 4 heteroatoms. The van der Waals surface area contributed by atoms with Crippen LogP contribution in [0.5, 0.6) is 11.5 Å². The van der Waals surface area contributed by atoms with E-state index in [4.69, 9.17) is 9.47 Å². The molecule has 1 atom stereocenters. The maximum absolute atomic E-state index is 16.5. The molecule has 1 aliphatic heterocycles. The fraction of sp³-hybridized carbons (Fsp3) is 0.0769. The lowest BCUT2D eigenvalue weighted by molar-refractivity contribution is 0.162. The monoisotopic (exact) mass is 561 g/mol. The molecule has 0 amide bonds. The normalized spacial score (nSPS) is 16.0. The average Bonchev–Trinajstić information content (AvgIpc) is 3.42. The third-order valence-electron chi connectivity index (χ3n) is 8.84. The van der Waals surface area contributed by atoms with Crippen LogP contribution in [0.2, 0.25) is 0 Å². The van der Waals surface area contributed by atoms with Crippen molar-refractivity contribution in [2.75, 3.05) is 19.1 Å². The fourth-order valence-corrected chi connectivity index (χ4v) is 6.62. The van der Waals surface area contributed by atoms with E-state index in [9.17, 15) is 0 Å². The minimum atomic E-state index is -0.985. The number of ether oxygens (including phenoxy) is 2. The first-order valence-corrected chi connectivity index (χ1v) is 14.4. The Morgan fingerprint density at radius 2 is 1.30 bits per heavy atom. The Labute approximate surface area is 250 Å². The standard InChI is InChI=1S/C39H28FNO2/c1-41(27-9-4-3-5-10-27)28-19-15-25(16-20-28)39(26-17-21-29(42-2)22-18-26)24-23-34-37(40)36-32-12-7-6-11-30(32)31-13-8-14-33(35(31)36)38(34)43-39/h3-24H,1-2H3. The molecule has 0 fully saturated rings. The summed E-state index contributed by atoms with van der Waals surface area (Å²) in [6.07, 6.45) is 3.88. The summed E-state index contributed by atoms with van der Waals surface area (Å²) in [5.41, 5.74) is 7.16. The van der Waals surface area contributed by atoms with Gasteiger partial charge in [0.15, 0.2) is 5.60 Å². The van der Waals surface area contributed by atoms with Crippen LogP contribution in [0.1, 0.15) is 16.7 Å². The zero-order valence-electron chi connectivity index (χ0n) is 23.8. The van der Waals surface area contributed by atoms with Crippen molar-refractivity contribution in [2.45, 2.75) is 5.60 Å². The summed E-state index contributed by atoms with van der Waals surface area (Å²) in [5.74, 6) is 1.06. The first-order valence-electron chi connectivity index (χ1n) is 14.4. The number of methoxy groups -OCH3 is 1. The zero-order chi connectivity index (χ0) is 29.1. The molecule has 6 aromatic carbocycles. The smallest absolute Gasteiger partial charge is 0.178 e. The van der Waals surface area contributed by atoms with Crippen LogP contribution < -0.4 is 14.4 Å². The first-order chi connectivity index (χ1) is 21.1. The van der Waals surface area contributed by atoms with Crippen LogP contribution in [-0.4, -0.2) is 14.2 Å². The van der Waals surface area contributed by atoms with Crippen LogP contribution >= 0.6 is 0 Å². The number of para-hydroxylation sites is 1. The molecule has 0 bridgehead atoms. The topological polar surface area (TPSA) is 21.7 Å². The molecule has 208 valence electrons. The summed E-state index contributed by atoms with van der Waals surface area (Å²) in [7, 11) is 3.71. The SMILES string of the molecule is COc1ccc(C2(c3ccc(N(C)c4ccccc4)cc3)C=Cc3c(F)c4c5c(cccc5c3O2)-c2ccccc2-4)cc1. The van der Waals surface area contributed by atoms with E-state index in [1.165, 1.54) is 0 Å². The minimum Gasteiger partial charge on any atom is -0.497 e. The predicted octanol–water partition coefficient (Wildman–Crippen LogP) is 9.75. The van der Waals surface area contributed by atoms with Gasteiger partial charge in [0, 0.05) is 45.9 Å². The summed E-state index contributed by atoms with van der Waals surface area (Å²) < 4.78 is 29.1. The van der Waals surface area contributed by atoms with Gasteiger partial charge in [0.1, 0.15) is 17.3 Å². The van der Waals surface area contributed by atoms with Crippen molar-refractivity contribution in [2.24, 2.45) is 0 Å². The molecule has 0 saturated carbocycles. The van der Waals surface area contributed by atoms with Gasteiger partial charge in [0.2, 0.25) is 0 Å². The Bertz CT molecular complexity index is 2050. The lowest BCUT2D eigenvalue weighted by Gasteiger charge is -2.37. The van der Waals surface area contributed by atoms with Crippen LogP contribution in [0, 0.1) is 5.82 Å². The summed E-state index contributed by atoms with van der Waals surface area (Å²) >= 11 is 0. The molecule has 3 nitrogen and oxygen atoms in total. The second-order valence-corrected chi connectivity index (χ2v) is 11.0. The molecule has 0 aromatic heterocycles. The van der Waals surface area contributed by atoms with E-state index in [0.29, 0.717) is 16.9 Å². The van der Waals surface area contributed by atoms with Crippen LogP contribution in [0.4, 0.5) is 15.8 Å². The molecular weight excluding hydrogens is 533 g/mol. The van der Waals surface area contributed by atoms with Gasteiger partial charge >= 0.3 is 0 Å². The van der Waals surface area contributed by atoms with Crippen molar-refractivity contribution in [1.29, 1.82) is 0 Å². The van der Waals surface area contributed by atoms with Crippen molar-refractivity contribution < 1.29 is 13.9 Å². The molecule has 6 aromatic rings. The maximum Gasteiger partial charge on any atom is 0.178 e. The highest BCUT2D eigenvalue weighted by Crippen LogP contribution is 2.55. The van der Waals surface area contributed by atoms with Crippen molar-refractivity contribution in [3.63, 3.8) is 0 Å². The Balaban J connectivity index is 1.31. The van der Waals surface area contributed by atoms with E-state index in [1.807, 2.05) is 84.9 Å². The molecule has 1 heterocycles. The van der Waals surface area contributed by atoms with Crippen molar-refractivity contribution in [3.8, 4) is 33.8 Å². The fourth-order valence-electron chi connectivity index (χ4n) is 6.62. The van der Waals surface area contributed by atoms with Gasteiger partial charge in [0.05, 0.1) is 12.7 Å². The van der Waals surface area contributed by atoms with E-state index in [2.05, 4.69) is 60.5 Å². The van der Waals surface area contributed by atoms with Crippen molar-refractivity contribution in [3.05, 3.63) is 150 Å². The molecule has 1 unspecified atom stereocenters. The van der Waals surface area contributed by atoms with Crippen LogP contribution in [0.25, 0.3) is 39.1 Å². The Kier molecular flexibility index (Phi) is 5.66. The first kappa shape index (κ1) is 25.4. The quantitative estimate of drug-likeness (QED) is 0.209. The number of nitrogens with zero attached hydrogens (tertiary/aromatic N) is 1. The average molecular weight is 562 g/mol. The van der Waals surface area contributed by atoms with Gasteiger partial charge in [-0.3, -0.25) is 0 Å². The number of hydrogen-bond donors (Lipinski definition) is 0. The molecule has 0 N–H and O–H groups in total. The number of anilines is 2. The third kappa shape index (κ3) is 3.73. The number of benzene rings is 6. The second-order valence-electron chi connectivity index (χ2n) is 11.0. The highest BCUT2D eigenvalue weighted by Gasteiger charge is 2.40. The van der Waals surface area contributed by atoms with Crippen molar-refractivity contribution >= 4 is 28.2 Å². The van der Waals surface area contributed by atoms with Gasteiger partial charge in [-0.2, -0.15) is 0 Å². The summed E-state index contributed by atoms with van der Waals surface area (Å²) in [6.45, 7) is 0. The highest BCUT2D eigenvalue weighted by molar-refractivity contribution is 6.18. The molecule has 0 saturated heterocycles. The third-order valence-corrected chi connectivity index (χ3v) is 8.84. The largest absolute Gasteiger partial charge is 0.497 e. The number of rotatable bonds is 5. The molecule has 2 aliphatic rings. The van der Waals surface area contributed by atoms with Gasteiger partial charge in [-0.1, -0.05) is 84.9 Å². The van der Waals surface area contributed by atoms with E-state index < -0.39 is 5.60 Å². The lowest BCUT2D eigenvalue weighted by atomic mass is 9.82. The van der Waals surface area contributed by atoms with E-state index in [1.54, 1.807) is 7.11 Å². The number of halogens is 1. The Hall–Kier alpha value is -5.35. The van der Waals surface area contributed by atoms with Gasteiger partial charge in [-0.15, -0.1) is 0 Å². The van der Waals surface area contributed by atoms with Gasteiger partial charge in [-0.05, 0) is 65.2 Å². The van der Waals surface area contributed by atoms with Crippen LogP contribution in [0.15, 0.2) is 127 Å². The lowest BCUT2D eigenvalue weighted by Crippen LogP contribution is -2.34. The molecule has 0 radical (unpaired) electrons. The summed E-state index contributed by atoms with van der Waals surface area (Å²) in [5, 5.41) is 1.81. The molecular formula is C39H28FNO2. The van der Waals surface area contributed by atoms with E-state index in [-0.39, 0.29) is 5.82 Å². The van der Waals surface area contributed by atoms with E-state index >= 15 is 4.39 Å². The Morgan fingerprint density at radius 1 is 0.674 bits per heavy atom. The maximum atomic E-state index is 16.5. The molecule has 0 spiro atoms.